The standard InChI is InChI=1S/C10H6ClNS/c1-6-7-3-2-4-8(11)10(7)13-9(6)5-12/h2-4H,1H3. The smallest absolute Gasteiger partial charge is 0.110 e. The first-order valence-electron chi connectivity index (χ1n) is 3.81. The third-order valence-corrected chi connectivity index (χ3v) is 3.69. The Labute approximate surface area is 85.2 Å². The normalized spacial score (nSPS) is 10.2. The van der Waals surface area contributed by atoms with Gasteiger partial charge < -0.3 is 0 Å². The fourth-order valence-electron chi connectivity index (χ4n) is 1.32. The van der Waals surface area contributed by atoms with Crippen molar-refractivity contribution < 1.29 is 0 Å². The molecular formula is C10H6ClNS. The van der Waals surface area contributed by atoms with Crippen LogP contribution in [0.2, 0.25) is 5.02 Å². The monoisotopic (exact) mass is 207 g/mol. The molecule has 1 nitrogen and oxygen atoms in total. The number of benzene rings is 1. The predicted octanol–water partition coefficient (Wildman–Crippen LogP) is 3.73. The van der Waals surface area contributed by atoms with Crippen LogP contribution in [0.25, 0.3) is 10.1 Å². The average Bonchev–Trinajstić information content (AvgIpc) is 2.45. The Balaban J connectivity index is 2.94. The van der Waals surface area contributed by atoms with Crippen molar-refractivity contribution in [3.63, 3.8) is 0 Å². The van der Waals surface area contributed by atoms with Gasteiger partial charge in [0, 0.05) is 0 Å². The molecule has 0 N–H and O–H groups in total. The summed E-state index contributed by atoms with van der Waals surface area (Å²) in [5.74, 6) is 0. The van der Waals surface area contributed by atoms with E-state index in [1.165, 1.54) is 11.3 Å². The lowest BCUT2D eigenvalue weighted by atomic mass is 10.1. The molecule has 0 aliphatic carbocycles. The average molecular weight is 208 g/mol. The summed E-state index contributed by atoms with van der Waals surface area (Å²) in [4.78, 5) is 0.753. The van der Waals surface area contributed by atoms with E-state index in [4.69, 9.17) is 16.9 Å². The summed E-state index contributed by atoms with van der Waals surface area (Å²) in [6.45, 7) is 1.95. The van der Waals surface area contributed by atoms with Crippen molar-refractivity contribution in [2.24, 2.45) is 0 Å². The zero-order valence-corrected chi connectivity index (χ0v) is 8.54. The molecular weight excluding hydrogens is 202 g/mol. The first-order chi connectivity index (χ1) is 6.24. The van der Waals surface area contributed by atoms with Crippen LogP contribution in [0, 0.1) is 18.3 Å². The topological polar surface area (TPSA) is 23.8 Å². The van der Waals surface area contributed by atoms with E-state index in [2.05, 4.69) is 6.07 Å². The number of aryl methyl sites for hydroxylation is 1. The minimum absolute atomic E-state index is 0.729. The van der Waals surface area contributed by atoms with Gasteiger partial charge in [0.2, 0.25) is 0 Å². The van der Waals surface area contributed by atoms with Crippen LogP contribution in [0.5, 0.6) is 0 Å². The third-order valence-electron chi connectivity index (χ3n) is 2.02. The molecule has 1 aromatic heterocycles. The SMILES string of the molecule is Cc1c(C#N)sc2c(Cl)cccc12. The van der Waals surface area contributed by atoms with Crippen molar-refractivity contribution in [2.75, 3.05) is 0 Å². The molecule has 13 heavy (non-hydrogen) atoms. The molecule has 0 bridgehead atoms. The van der Waals surface area contributed by atoms with E-state index in [1.807, 2.05) is 25.1 Å². The molecule has 2 aromatic rings. The molecule has 0 aliphatic rings. The molecule has 0 fully saturated rings. The van der Waals surface area contributed by atoms with Gasteiger partial charge in [-0.15, -0.1) is 11.3 Å². The van der Waals surface area contributed by atoms with Gasteiger partial charge in [-0.1, -0.05) is 23.7 Å². The van der Waals surface area contributed by atoms with Crippen molar-refractivity contribution in [3.05, 3.63) is 33.7 Å². The summed E-state index contributed by atoms with van der Waals surface area (Å²) in [5.41, 5.74) is 1.03. The summed E-state index contributed by atoms with van der Waals surface area (Å²) >= 11 is 7.46. The van der Waals surface area contributed by atoms with E-state index < -0.39 is 0 Å². The van der Waals surface area contributed by atoms with Crippen LogP contribution >= 0.6 is 22.9 Å². The molecule has 64 valence electrons. The highest BCUT2D eigenvalue weighted by atomic mass is 35.5. The Bertz CT molecular complexity index is 507. The number of nitrogens with zero attached hydrogens (tertiary/aromatic N) is 1. The van der Waals surface area contributed by atoms with Gasteiger partial charge in [0.15, 0.2) is 0 Å². The number of nitriles is 1. The van der Waals surface area contributed by atoms with Gasteiger partial charge in [-0.25, -0.2) is 0 Å². The van der Waals surface area contributed by atoms with E-state index >= 15 is 0 Å². The molecule has 0 amide bonds. The van der Waals surface area contributed by atoms with Crippen LogP contribution in [0.15, 0.2) is 18.2 Å². The van der Waals surface area contributed by atoms with Gasteiger partial charge in [-0.2, -0.15) is 5.26 Å². The molecule has 3 heteroatoms. The Hall–Kier alpha value is -1.04. The Kier molecular flexibility index (Phi) is 1.99. The first kappa shape index (κ1) is 8.55. The maximum Gasteiger partial charge on any atom is 0.110 e. The first-order valence-corrected chi connectivity index (χ1v) is 5.01. The van der Waals surface area contributed by atoms with Crippen molar-refractivity contribution in [3.8, 4) is 6.07 Å². The fraction of sp³-hybridized carbons (Fsp3) is 0.100. The van der Waals surface area contributed by atoms with Crippen molar-refractivity contribution in [1.82, 2.24) is 0 Å². The summed E-state index contributed by atoms with van der Waals surface area (Å²) in [5, 5.41) is 10.6. The summed E-state index contributed by atoms with van der Waals surface area (Å²) < 4.78 is 1.01. The Morgan fingerprint density at radius 3 is 2.85 bits per heavy atom. The molecule has 0 radical (unpaired) electrons. The third kappa shape index (κ3) is 1.21. The molecule has 0 aliphatic heterocycles. The van der Waals surface area contributed by atoms with Gasteiger partial charge >= 0.3 is 0 Å². The highest BCUT2D eigenvalue weighted by molar-refractivity contribution is 7.20. The number of thiophene rings is 1. The van der Waals surface area contributed by atoms with Crippen LogP contribution in [0.3, 0.4) is 0 Å². The minimum Gasteiger partial charge on any atom is -0.192 e. The second-order valence-electron chi connectivity index (χ2n) is 2.78. The van der Waals surface area contributed by atoms with Crippen LogP contribution in [0.1, 0.15) is 10.4 Å². The molecule has 0 unspecified atom stereocenters. The molecule has 1 heterocycles. The Morgan fingerprint density at radius 2 is 2.23 bits per heavy atom. The lowest BCUT2D eigenvalue weighted by Gasteiger charge is -1.91. The maximum atomic E-state index is 8.83. The fourth-order valence-corrected chi connectivity index (χ4v) is 2.62. The van der Waals surface area contributed by atoms with Gasteiger partial charge in [0.25, 0.3) is 0 Å². The lowest BCUT2D eigenvalue weighted by Crippen LogP contribution is -1.71. The lowest BCUT2D eigenvalue weighted by molar-refractivity contribution is 1.48. The van der Waals surface area contributed by atoms with Crippen LogP contribution < -0.4 is 0 Å². The number of halogens is 1. The largest absolute Gasteiger partial charge is 0.192 e. The molecule has 0 atom stereocenters. The van der Waals surface area contributed by atoms with Gasteiger partial charge in [0.05, 0.1) is 9.72 Å². The molecule has 0 saturated heterocycles. The zero-order valence-electron chi connectivity index (χ0n) is 6.97. The molecule has 1 aromatic carbocycles. The zero-order chi connectivity index (χ0) is 9.42. The van der Waals surface area contributed by atoms with E-state index in [0.29, 0.717) is 0 Å². The van der Waals surface area contributed by atoms with E-state index in [9.17, 15) is 0 Å². The van der Waals surface area contributed by atoms with Crippen molar-refractivity contribution >= 4 is 33.0 Å². The van der Waals surface area contributed by atoms with Crippen molar-refractivity contribution in [1.29, 1.82) is 5.26 Å². The predicted molar refractivity (Wildman–Crippen MR) is 56.3 cm³/mol. The maximum absolute atomic E-state index is 8.83. The highest BCUT2D eigenvalue weighted by Crippen LogP contribution is 2.34. The summed E-state index contributed by atoms with van der Waals surface area (Å²) in [6, 6.07) is 7.92. The van der Waals surface area contributed by atoms with Crippen LogP contribution in [-0.4, -0.2) is 0 Å². The summed E-state index contributed by atoms with van der Waals surface area (Å²) in [7, 11) is 0. The molecule has 2 rings (SSSR count). The number of hydrogen-bond donors (Lipinski definition) is 0. The van der Waals surface area contributed by atoms with Crippen LogP contribution in [-0.2, 0) is 0 Å². The Morgan fingerprint density at radius 1 is 1.46 bits per heavy atom. The van der Waals surface area contributed by atoms with E-state index in [0.717, 1.165) is 25.5 Å². The number of hydrogen-bond acceptors (Lipinski definition) is 2. The number of rotatable bonds is 0. The summed E-state index contributed by atoms with van der Waals surface area (Å²) in [6.07, 6.45) is 0. The van der Waals surface area contributed by atoms with Crippen LogP contribution in [0.4, 0.5) is 0 Å². The molecule has 0 saturated carbocycles. The highest BCUT2D eigenvalue weighted by Gasteiger charge is 2.09. The molecule has 0 spiro atoms. The minimum atomic E-state index is 0.729. The van der Waals surface area contributed by atoms with Gasteiger partial charge in [-0.3, -0.25) is 0 Å². The van der Waals surface area contributed by atoms with E-state index in [1.54, 1.807) is 0 Å². The number of fused-ring (bicyclic) bond motifs is 1. The van der Waals surface area contributed by atoms with E-state index in [-0.39, 0.29) is 0 Å². The van der Waals surface area contributed by atoms with Gasteiger partial charge in [-0.05, 0) is 23.9 Å². The quantitative estimate of drug-likeness (QED) is 0.646. The van der Waals surface area contributed by atoms with Crippen molar-refractivity contribution in [2.45, 2.75) is 6.92 Å². The second kappa shape index (κ2) is 3.02. The van der Waals surface area contributed by atoms with Gasteiger partial charge in [0.1, 0.15) is 10.9 Å². The second-order valence-corrected chi connectivity index (χ2v) is 4.21.